The van der Waals surface area contributed by atoms with E-state index in [2.05, 4.69) is 5.32 Å². The Labute approximate surface area is 147 Å². The highest BCUT2D eigenvalue weighted by Gasteiger charge is 2.29. The number of nitrogens with zero attached hydrogens (tertiary/aromatic N) is 1. The number of halogens is 3. The van der Waals surface area contributed by atoms with E-state index >= 15 is 0 Å². The van der Waals surface area contributed by atoms with Gasteiger partial charge in [-0.3, -0.25) is 4.79 Å². The molecule has 0 bridgehead atoms. The Bertz CT molecular complexity index is 560. The fraction of sp³-hybridized carbons (Fsp3) is 0.588. The summed E-state index contributed by atoms with van der Waals surface area (Å²) in [6.07, 6.45) is 3.01. The van der Waals surface area contributed by atoms with Crippen LogP contribution in [0.1, 0.15) is 25.7 Å². The minimum Gasteiger partial charge on any atom is -0.487 e. The average molecular weight is 361 g/mol. The number of carbonyl (C=O) groups is 1. The first kappa shape index (κ1) is 18.9. The minimum absolute atomic E-state index is 0. The van der Waals surface area contributed by atoms with E-state index in [-0.39, 0.29) is 36.1 Å². The third kappa shape index (κ3) is 4.57. The first-order chi connectivity index (χ1) is 11.1. The van der Waals surface area contributed by atoms with Gasteiger partial charge in [0.05, 0.1) is 0 Å². The summed E-state index contributed by atoms with van der Waals surface area (Å²) in [4.78, 5) is 14.4. The molecule has 4 nitrogen and oxygen atoms in total. The van der Waals surface area contributed by atoms with E-state index in [4.69, 9.17) is 4.74 Å². The van der Waals surface area contributed by atoms with Crippen molar-refractivity contribution in [2.24, 2.45) is 5.92 Å². The summed E-state index contributed by atoms with van der Waals surface area (Å²) in [7, 11) is 0. The van der Waals surface area contributed by atoms with Crippen LogP contribution >= 0.6 is 12.4 Å². The molecule has 0 radical (unpaired) electrons. The van der Waals surface area contributed by atoms with Crippen LogP contribution in [0, 0.1) is 17.6 Å². The van der Waals surface area contributed by atoms with E-state index in [1.165, 1.54) is 12.1 Å². The number of piperidine rings is 2. The van der Waals surface area contributed by atoms with Gasteiger partial charge in [-0.2, -0.15) is 0 Å². The quantitative estimate of drug-likeness (QED) is 0.901. The highest BCUT2D eigenvalue weighted by molar-refractivity contribution is 5.85. The molecule has 1 aromatic rings. The molecule has 2 saturated heterocycles. The van der Waals surface area contributed by atoms with Crippen LogP contribution in [0.5, 0.6) is 5.75 Å². The number of benzene rings is 1. The standard InChI is InChI=1S/C17H22F2N2O2.ClH/c18-13-1-2-16(15(19)11-13)23-14-5-9-21(10-6-14)17(22)12-3-7-20-8-4-12;/h1-2,11-12,14,20H,3-10H2;1H. The van der Waals surface area contributed by atoms with E-state index in [9.17, 15) is 13.6 Å². The summed E-state index contributed by atoms with van der Waals surface area (Å²) < 4.78 is 32.1. The molecule has 2 aliphatic heterocycles. The van der Waals surface area contributed by atoms with E-state index in [0.29, 0.717) is 25.9 Å². The van der Waals surface area contributed by atoms with Crippen LogP contribution in [0.15, 0.2) is 18.2 Å². The Kier molecular flexibility index (Phi) is 6.80. The zero-order valence-corrected chi connectivity index (χ0v) is 14.3. The first-order valence-electron chi connectivity index (χ1n) is 8.24. The van der Waals surface area contributed by atoms with Crippen LogP contribution < -0.4 is 10.1 Å². The molecule has 3 rings (SSSR count). The van der Waals surface area contributed by atoms with E-state index in [1.807, 2.05) is 4.90 Å². The molecule has 0 saturated carbocycles. The Morgan fingerprint density at radius 3 is 2.42 bits per heavy atom. The van der Waals surface area contributed by atoms with Gasteiger partial charge in [0.2, 0.25) is 5.91 Å². The zero-order valence-electron chi connectivity index (χ0n) is 13.5. The molecular weight excluding hydrogens is 338 g/mol. The number of amides is 1. The highest BCUT2D eigenvalue weighted by Crippen LogP contribution is 2.24. The van der Waals surface area contributed by atoms with Gasteiger partial charge in [-0.25, -0.2) is 8.78 Å². The normalized spacial score (nSPS) is 19.7. The summed E-state index contributed by atoms with van der Waals surface area (Å²) in [6, 6.07) is 3.33. The van der Waals surface area contributed by atoms with Crippen molar-refractivity contribution in [3.8, 4) is 5.75 Å². The van der Waals surface area contributed by atoms with Gasteiger partial charge in [-0.05, 0) is 38.1 Å². The minimum atomic E-state index is -0.682. The molecule has 1 amide bonds. The third-order valence-corrected chi connectivity index (χ3v) is 4.63. The van der Waals surface area contributed by atoms with Crippen molar-refractivity contribution in [1.29, 1.82) is 0 Å². The highest BCUT2D eigenvalue weighted by atomic mass is 35.5. The van der Waals surface area contributed by atoms with Gasteiger partial charge < -0.3 is 15.0 Å². The van der Waals surface area contributed by atoms with Crippen molar-refractivity contribution >= 4 is 18.3 Å². The third-order valence-electron chi connectivity index (χ3n) is 4.63. The van der Waals surface area contributed by atoms with Crippen molar-refractivity contribution < 1.29 is 18.3 Å². The lowest BCUT2D eigenvalue weighted by Crippen LogP contribution is -2.46. The number of likely N-dealkylation sites (tertiary alicyclic amines) is 1. The largest absolute Gasteiger partial charge is 0.487 e. The number of rotatable bonds is 3. The molecule has 0 aliphatic carbocycles. The first-order valence-corrected chi connectivity index (χ1v) is 8.24. The predicted molar refractivity (Wildman–Crippen MR) is 89.4 cm³/mol. The summed E-state index contributed by atoms with van der Waals surface area (Å²) in [5.41, 5.74) is 0. The van der Waals surface area contributed by atoms with Gasteiger partial charge in [0.25, 0.3) is 0 Å². The maximum absolute atomic E-state index is 13.6. The SMILES string of the molecule is Cl.O=C(C1CCNCC1)N1CCC(Oc2ccc(F)cc2F)CC1. The fourth-order valence-corrected chi connectivity index (χ4v) is 3.27. The number of carbonyl (C=O) groups excluding carboxylic acids is 1. The van der Waals surface area contributed by atoms with Crippen LogP contribution in [0.2, 0.25) is 0 Å². The molecular formula is C17H23ClF2N2O2. The van der Waals surface area contributed by atoms with Crippen LogP contribution in [0.4, 0.5) is 8.78 Å². The smallest absolute Gasteiger partial charge is 0.225 e. The fourth-order valence-electron chi connectivity index (χ4n) is 3.27. The molecule has 2 fully saturated rings. The van der Waals surface area contributed by atoms with Gasteiger partial charge in [-0.1, -0.05) is 0 Å². The topological polar surface area (TPSA) is 41.6 Å². The van der Waals surface area contributed by atoms with Crippen molar-refractivity contribution in [2.45, 2.75) is 31.8 Å². The van der Waals surface area contributed by atoms with Gasteiger partial charge >= 0.3 is 0 Å². The maximum Gasteiger partial charge on any atom is 0.225 e. The van der Waals surface area contributed by atoms with Crippen molar-refractivity contribution in [3.63, 3.8) is 0 Å². The van der Waals surface area contributed by atoms with Crippen molar-refractivity contribution in [3.05, 3.63) is 29.8 Å². The van der Waals surface area contributed by atoms with E-state index in [0.717, 1.165) is 32.0 Å². The van der Waals surface area contributed by atoms with Gasteiger partial charge in [0.15, 0.2) is 11.6 Å². The summed E-state index contributed by atoms with van der Waals surface area (Å²) in [5, 5.41) is 3.26. The van der Waals surface area contributed by atoms with E-state index in [1.54, 1.807) is 0 Å². The predicted octanol–water partition coefficient (Wildman–Crippen LogP) is 2.76. The van der Waals surface area contributed by atoms with Crippen LogP contribution in [0.3, 0.4) is 0 Å². The number of hydrogen-bond donors (Lipinski definition) is 1. The zero-order chi connectivity index (χ0) is 16.2. The van der Waals surface area contributed by atoms with Crippen molar-refractivity contribution in [2.75, 3.05) is 26.2 Å². The molecule has 2 aliphatic rings. The van der Waals surface area contributed by atoms with Crippen LogP contribution in [0.25, 0.3) is 0 Å². The van der Waals surface area contributed by atoms with Crippen molar-refractivity contribution in [1.82, 2.24) is 10.2 Å². The summed E-state index contributed by atoms with van der Waals surface area (Å²) in [6.45, 7) is 3.08. The Balaban J connectivity index is 0.00000208. The lowest BCUT2D eigenvalue weighted by atomic mass is 9.95. The monoisotopic (exact) mass is 360 g/mol. The van der Waals surface area contributed by atoms with Gasteiger partial charge in [0, 0.05) is 37.9 Å². The second-order valence-corrected chi connectivity index (χ2v) is 6.24. The summed E-state index contributed by atoms with van der Waals surface area (Å²) in [5.74, 6) is -0.855. The van der Waals surface area contributed by atoms with E-state index < -0.39 is 11.6 Å². The molecule has 0 unspecified atom stereocenters. The average Bonchev–Trinajstić information content (AvgIpc) is 2.58. The molecule has 134 valence electrons. The second-order valence-electron chi connectivity index (χ2n) is 6.24. The summed E-state index contributed by atoms with van der Waals surface area (Å²) >= 11 is 0. The molecule has 0 spiro atoms. The molecule has 7 heteroatoms. The number of ether oxygens (including phenoxy) is 1. The lowest BCUT2D eigenvalue weighted by molar-refractivity contribution is -0.138. The Morgan fingerprint density at radius 1 is 1.12 bits per heavy atom. The molecule has 1 N–H and O–H groups in total. The Morgan fingerprint density at radius 2 is 1.79 bits per heavy atom. The number of hydrogen-bond acceptors (Lipinski definition) is 3. The molecule has 2 heterocycles. The van der Waals surface area contributed by atoms with Gasteiger partial charge in [-0.15, -0.1) is 12.4 Å². The molecule has 24 heavy (non-hydrogen) atoms. The number of nitrogens with one attached hydrogen (secondary N) is 1. The molecule has 0 atom stereocenters. The van der Waals surface area contributed by atoms with Gasteiger partial charge in [0.1, 0.15) is 11.9 Å². The second kappa shape index (κ2) is 8.62. The van der Waals surface area contributed by atoms with Crippen LogP contribution in [-0.2, 0) is 4.79 Å². The lowest BCUT2D eigenvalue weighted by Gasteiger charge is -2.35. The Hall–Kier alpha value is -1.40. The molecule has 0 aromatic heterocycles. The molecule has 1 aromatic carbocycles. The van der Waals surface area contributed by atoms with Crippen LogP contribution in [-0.4, -0.2) is 43.1 Å². The maximum atomic E-state index is 13.6.